The summed E-state index contributed by atoms with van der Waals surface area (Å²) < 4.78 is 0. The molecule has 1 saturated heterocycles. The molecule has 2 amide bonds. The van der Waals surface area contributed by atoms with Crippen LogP contribution >= 0.6 is 24.8 Å². The molecule has 0 saturated carbocycles. The second kappa shape index (κ2) is 12.9. The van der Waals surface area contributed by atoms with Gasteiger partial charge in [-0.3, -0.25) is 14.6 Å². The molecule has 148 valence electrons. The maximum atomic E-state index is 12.5. The Morgan fingerprint density at radius 2 is 2.04 bits per heavy atom. The topological polar surface area (TPSA) is 88.3 Å². The fourth-order valence-corrected chi connectivity index (χ4v) is 3.07. The van der Waals surface area contributed by atoms with E-state index in [1.54, 1.807) is 29.4 Å². The van der Waals surface area contributed by atoms with E-state index in [2.05, 4.69) is 17.2 Å². The van der Waals surface area contributed by atoms with E-state index in [9.17, 15) is 9.59 Å². The zero-order valence-electron chi connectivity index (χ0n) is 15.2. The van der Waals surface area contributed by atoms with Crippen molar-refractivity contribution in [2.24, 2.45) is 11.7 Å². The molecule has 0 radical (unpaired) electrons. The molecule has 6 nitrogen and oxygen atoms in total. The molecule has 1 aliphatic rings. The highest BCUT2D eigenvalue weighted by Crippen LogP contribution is 2.19. The van der Waals surface area contributed by atoms with Crippen LogP contribution in [0.3, 0.4) is 0 Å². The lowest BCUT2D eigenvalue weighted by molar-refractivity contribution is -0.127. The average molecular weight is 405 g/mol. The zero-order valence-corrected chi connectivity index (χ0v) is 16.9. The van der Waals surface area contributed by atoms with E-state index in [4.69, 9.17) is 5.73 Å². The van der Waals surface area contributed by atoms with Gasteiger partial charge in [0.25, 0.3) is 5.91 Å². The van der Waals surface area contributed by atoms with E-state index in [1.807, 2.05) is 0 Å². The van der Waals surface area contributed by atoms with Crippen molar-refractivity contribution in [1.29, 1.82) is 0 Å². The third kappa shape index (κ3) is 7.09. The number of nitrogens with zero attached hydrogens (tertiary/aromatic N) is 2. The molecule has 1 fully saturated rings. The summed E-state index contributed by atoms with van der Waals surface area (Å²) in [6.45, 7) is 3.75. The Kier molecular flexibility index (Phi) is 12.2. The van der Waals surface area contributed by atoms with E-state index in [1.165, 1.54) is 0 Å². The Labute approximate surface area is 168 Å². The van der Waals surface area contributed by atoms with Gasteiger partial charge < -0.3 is 16.0 Å². The predicted molar refractivity (Wildman–Crippen MR) is 108 cm³/mol. The molecule has 0 bridgehead atoms. The first-order valence-electron chi connectivity index (χ1n) is 8.85. The molecule has 2 heterocycles. The van der Waals surface area contributed by atoms with Gasteiger partial charge in [-0.05, 0) is 31.4 Å². The van der Waals surface area contributed by atoms with Gasteiger partial charge in [-0.2, -0.15) is 0 Å². The third-order valence-electron chi connectivity index (χ3n) is 4.54. The number of hydrogen-bond donors (Lipinski definition) is 2. The highest BCUT2D eigenvalue weighted by atomic mass is 35.5. The number of pyridine rings is 1. The van der Waals surface area contributed by atoms with Crippen molar-refractivity contribution in [2.75, 3.05) is 19.6 Å². The van der Waals surface area contributed by atoms with Crippen molar-refractivity contribution in [1.82, 2.24) is 15.2 Å². The summed E-state index contributed by atoms with van der Waals surface area (Å²) in [4.78, 5) is 30.8. The number of nitrogens with two attached hydrogens (primary N) is 1. The van der Waals surface area contributed by atoms with Crippen LogP contribution < -0.4 is 11.1 Å². The van der Waals surface area contributed by atoms with Gasteiger partial charge in [0.2, 0.25) is 5.91 Å². The molecule has 1 aromatic rings. The van der Waals surface area contributed by atoms with Gasteiger partial charge in [0, 0.05) is 43.6 Å². The third-order valence-corrected chi connectivity index (χ3v) is 4.54. The lowest BCUT2D eigenvalue weighted by Crippen LogP contribution is -2.49. The number of carbonyl (C=O) groups excluding carboxylic acids is 2. The van der Waals surface area contributed by atoms with E-state index in [0.717, 1.165) is 32.1 Å². The zero-order chi connectivity index (χ0) is 17.4. The van der Waals surface area contributed by atoms with Crippen LogP contribution in [0.5, 0.6) is 0 Å². The Balaban J connectivity index is 0.00000312. The number of likely N-dealkylation sites (tertiary alicyclic amines) is 1. The van der Waals surface area contributed by atoms with Crippen LogP contribution in [-0.4, -0.2) is 47.4 Å². The van der Waals surface area contributed by atoms with E-state index < -0.39 is 0 Å². The Bertz CT molecular complexity index is 545. The minimum absolute atomic E-state index is 0. The lowest BCUT2D eigenvalue weighted by atomic mass is 9.96. The van der Waals surface area contributed by atoms with Crippen molar-refractivity contribution in [2.45, 2.75) is 45.1 Å². The van der Waals surface area contributed by atoms with Crippen molar-refractivity contribution in [3.63, 3.8) is 0 Å². The smallest absolute Gasteiger partial charge is 0.253 e. The minimum Gasteiger partial charge on any atom is -0.352 e. The first kappa shape index (κ1) is 24.6. The minimum atomic E-state index is -0.153. The molecular formula is C18H30Cl2N4O2. The largest absolute Gasteiger partial charge is 0.352 e. The van der Waals surface area contributed by atoms with Crippen molar-refractivity contribution in [3.8, 4) is 0 Å². The SMILES string of the molecule is CCCCC(CN)NC(=O)C1CCCN(C(=O)c2ccncc2)C1.Cl.Cl. The monoisotopic (exact) mass is 404 g/mol. The quantitative estimate of drug-likeness (QED) is 0.729. The van der Waals surface area contributed by atoms with Gasteiger partial charge >= 0.3 is 0 Å². The summed E-state index contributed by atoms with van der Waals surface area (Å²) in [6.07, 6.45) is 7.94. The highest BCUT2D eigenvalue weighted by molar-refractivity contribution is 5.94. The van der Waals surface area contributed by atoms with E-state index in [0.29, 0.717) is 25.2 Å². The van der Waals surface area contributed by atoms with E-state index >= 15 is 0 Å². The molecule has 3 N–H and O–H groups in total. The molecule has 2 atom stereocenters. The summed E-state index contributed by atoms with van der Waals surface area (Å²) in [5.41, 5.74) is 6.38. The van der Waals surface area contributed by atoms with Crippen molar-refractivity contribution >= 4 is 36.6 Å². The standard InChI is InChI=1S/C18H28N4O2.2ClH/c1-2-3-6-16(12-19)21-17(23)15-5-4-11-22(13-15)18(24)14-7-9-20-10-8-14;;/h7-10,15-16H,2-6,11-13,19H2,1H3,(H,21,23);2*1H. The fourth-order valence-electron chi connectivity index (χ4n) is 3.07. The maximum Gasteiger partial charge on any atom is 0.253 e. The molecule has 1 aromatic heterocycles. The molecule has 0 aromatic carbocycles. The normalized spacial score (nSPS) is 17.5. The van der Waals surface area contributed by atoms with Crippen LogP contribution in [0.1, 0.15) is 49.4 Å². The van der Waals surface area contributed by atoms with Gasteiger partial charge in [0.1, 0.15) is 0 Å². The summed E-state index contributed by atoms with van der Waals surface area (Å²) in [5, 5.41) is 3.06. The van der Waals surface area contributed by atoms with Crippen molar-refractivity contribution in [3.05, 3.63) is 30.1 Å². The van der Waals surface area contributed by atoms with Gasteiger partial charge in [-0.25, -0.2) is 0 Å². The summed E-state index contributed by atoms with van der Waals surface area (Å²) in [7, 11) is 0. The molecule has 8 heteroatoms. The number of halogens is 2. The van der Waals surface area contributed by atoms with Gasteiger partial charge in [0.05, 0.1) is 5.92 Å². The first-order valence-corrected chi connectivity index (χ1v) is 8.85. The van der Waals surface area contributed by atoms with Gasteiger partial charge in [-0.1, -0.05) is 19.8 Å². The number of nitrogens with one attached hydrogen (secondary N) is 1. The number of rotatable bonds is 7. The number of unbranched alkanes of at least 4 members (excludes halogenated alkanes) is 1. The number of amides is 2. The molecule has 0 spiro atoms. The first-order chi connectivity index (χ1) is 11.7. The lowest BCUT2D eigenvalue weighted by Gasteiger charge is -2.33. The molecule has 2 rings (SSSR count). The summed E-state index contributed by atoms with van der Waals surface area (Å²) >= 11 is 0. The van der Waals surface area contributed by atoms with Crippen LogP contribution in [-0.2, 0) is 4.79 Å². The molecular weight excluding hydrogens is 375 g/mol. The van der Waals surface area contributed by atoms with Crippen LogP contribution in [0.4, 0.5) is 0 Å². The number of carbonyl (C=O) groups is 2. The Hall–Kier alpha value is -1.37. The van der Waals surface area contributed by atoms with Crippen LogP contribution in [0.25, 0.3) is 0 Å². The van der Waals surface area contributed by atoms with Crippen LogP contribution in [0.2, 0.25) is 0 Å². The number of aromatic nitrogens is 1. The maximum absolute atomic E-state index is 12.5. The van der Waals surface area contributed by atoms with Crippen LogP contribution in [0.15, 0.2) is 24.5 Å². The second-order valence-electron chi connectivity index (χ2n) is 6.41. The second-order valence-corrected chi connectivity index (χ2v) is 6.41. The Morgan fingerprint density at radius 3 is 2.65 bits per heavy atom. The molecule has 0 aliphatic carbocycles. The van der Waals surface area contributed by atoms with Gasteiger partial charge in [0.15, 0.2) is 0 Å². The highest BCUT2D eigenvalue weighted by Gasteiger charge is 2.29. The van der Waals surface area contributed by atoms with Crippen molar-refractivity contribution < 1.29 is 9.59 Å². The summed E-state index contributed by atoms with van der Waals surface area (Å²) in [6, 6.07) is 3.45. The fraction of sp³-hybridized carbons (Fsp3) is 0.611. The molecule has 2 unspecified atom stereocenters. The van der Waals surface area contributed by atoms with Gasteiger partial charge in [-0.15, -0.1) is 24.8 Å². The Morgan fingerprint density at radius 1 is 1.35 bits per heavy atom. The van der Waals surface area contributed by atoms with E-state index in [-0.39, 0.29) is 48.6 Å². The number of hydrogen-bond acceptors (Lipinski definition) is 4. The average Bonchev–Trinajstić information content (AvgIpc) is 2.65. The number of piperidine rings is 1. The molecule has 1 aliphatic heterocycles. The predicted octanol–water partition coefficient (Wildman–Crippen LogP) is 2.41. The van der Waals surface area contributed by atoms with Crippen LogP contribution in [0, 0.1) is 5.92 Å². The molecule has 26 heavy (non-hydrogen) atoms. The summed E-state index contributed by atoms with van der Waals surface area (Å²) in [5.74, 6) is -0.162.